The van der Waals surface area contributed by atoms with Crippen LogP contribution in [0.15, 0.2) is 24.3 Å². The number of aryl methyl sites for hydroxylation is 1. The topological polar surface area (TPSA) is 46.6 Å². The number of hydrogen-bond donors (Lipinski definition) is 0. The largest absolute Gasteiger partial charge is 0.426 e. The van der Waals surface area contributed by atoms with Crippen LogP contribution in [0.2, 0.25) is 0 Å². The van der Waals surface area contributed by atoms with E-state index in [1.807, 2.05) is 45.9 Å². The second kappa shape index (κ2) is 6.51. The molecule has 0 aromatic heterocycles. The van der Waals surface area contributed by atoms with Crippen LogP contribution in [-0.4, -0.2) is 29.9 Å². The van der Waals surface area contributed by atoms with Gasteiger partial charge in [0.1, 0.15) is 5.75 Å². The molecule has 1 atom stereocenters. The maximum Gasteiger partial charge on any atom is 0.316 e. The standard InChI is InChI=1S/C18H25NO3/c1-13-7-5-9-15(11-13)22-16(20)14-8-6-10-19(12-14)17(21)18(2,3)4/h5,7,9,11,14H,6,8,10,12H2,1-4H3. The molecule has 0 spiro atoms. The van der Waals surface area contributed by atoms with Gasteiger partial charge >= 0.3 is 5.97 Å². The van der Waals surface area contributed by atoms with E-state index >= 15 is 0 Å². The lowest BCUT2D eigenvalue weighted by atomic mass is 9.91. The predicted octanol–water partition coefficient (Wildman–Crippen LogP) is 3.19. The average Bonchev–Trinajstić information content (AvgIpc) is 2.45. The Bertz CT molecular complexity index is 560. The molecule has 1 unspecified atom stereocenters. The van der Waals surface area contributed by atoms with E-state index in [0.29, 0.717) is 12.3 Å². The number of benzene rings is 1. The number of carbonyl (C=O) groups is 2. The van der Waals surface area contributed by atoms with Crippen LogP contribution in [0, 0.1) is 18.3 Å². The molecule has 1 aliphatic heterocycles. The summed E-state index contributed by atoms with van der Waals surface area (Å²) in [6.45, 7) is 8.87. The highest BCUT2D eigenvalue weighted by Gasteiger charge is 2.34. The first-order valence-corrected chi connectivity index (χ1v) is 7.85. The van der Waals surface area contributed by atoms with Crippen LogP contribution in [0.4, 0.5) is 0 Å². The van der Waals surface area contributed by atoms with Crippen molar-refractivity contribution in [2.75, 3.05) is 13.1 Å². The molecule has 1 amide bonds. The van der Waals surface area contributed by atoms with Gasteiger partial charge in [-0.15, -0.1) is 0 Å². The van der Waals surface area contributed by atoms with Gasteiger partial charge in [-0.25, -0.2) is 0 Å². The number of likely N-dealkylation sites (tertiary alicyclic amines) is 1. The maximum atomic E-state index is 12.4. The molecule has 1 heterocycles. The molecule has 1 aliphatic rings. The van der Waals surface area contributed by atoms with Crippen LogP contribution in [0.1, 0.15) is 39.2 Å². The van der Waals surface area contributed by atoms with Crippen LogP contribution in [0.5, 0.6) is 5.75 Å². The molecule has 1 aromatic carbocycles. The molecule has 120 valence electrons. The molecular formula is C18H25NO3. The van der Waals surface area contributed by atoms with Crippen LogP contribution in [0.25, 0.3) is 0 Å². The fourth-order valence-electron chi connectivity index (χ4n) is 2.71. The lowest BCUT2D eigenvalue weighted by Crippen LogP contribution is -2.47. The summed E-state index contributed by atoms with van der Waals surface area (Å²) in [5.41, 5.74) is 0.640. The van der Waals surface area contributed by atoms with E-state index < -0.39 is 5.41 Å². The van der Waals surface area contributed by atoms with E-state index in [0.717, 1.165) is 24.9 Å². The summed E-state index contributed by atoms with van der Waals surface area (Å²) in [4.78, 5) is 26.5. The zero-order valence-electron chi connectivity index (χ0n) is 13.9. The number of ether oxygens (including phenoxy) is 1. The highest BCUT2D eigenvalue weighted by Crippen LogP contribution is 2.25. The Morgan fingerprint density at radius 3 is 2.64 bits per heavy atom. The van der Waals surface area contributed by atoms with Gasteiger partial charge in [-0.2, -0.15) is 0 Å². The second-order valence-corrected chi connectivity index (χ2v) is 7.08. The fourth-order valence-corrected chi connectivity index (χ4v) is 2.71. The smallest absolute Gasteiger partial charge is 0.316 e. The van der Waals surface area contributed by atoms with Crippen molar-refractivity contribution in [3.63, 3.8) is 0 Å². The Kier molecular flexibility index (Phi) is 4.89. The van der Waals surface area contributed by atoms with Crippen LogP contribution < -0.4 is 4.74 Å². The molecule has 0 saturated carbocycles. The molecule has 0 bridgehead atoms. The van der Waals surface area contributed by atoms with Crippen molar-refractivity contribution in [2.45, 2.75) is 40.5 Å². The summed E-state index contributed by atoms with van der Waals surface area (Å²) in [7, 11) is 0. The molecule has 4 nitrogen and oxygen atoms in total. The average molecular weight is 303 g/mol. The van der Waals surface area contributed by atoms with Crippen LogP contribution in [-0.2, 0) is 9.59 Å². The number of nitrogens with zero attached hydrogens (tertiary/aromatic N) is 1. The third-order valence-electron chi connectivity index (χ3n) is 3.89. The number of esters is 1. The van der Waals surface area contributed by atoms with Crippen LogP contribution >= 0.6 is 0 Å². The summed E-state index contributed by atoms with van der Waals surface area (Å²) >= 11 is 0. The fraction of sp³-hybridized carbons (Fsp3) is 0.556. The number of amides is 1. The molecule has 1 fully saturated rings. The lowest BCUT2D eigenvalue weighted by Gasteiger charge is -2.35. The Hall–Kier alpha value is -1.84. The van der Waals surface area contributed by atoms with Crippen molar-refractivity contribution in [1.29, 1.82) is 0 Å². The zero-order chi connectivity index (χ0) is 16.3. The minimum atomic E-state index is -0.414. The molecule has 4 heteroatoms. The summed E-state index contributed by atoms with van der Waals surface area (Å²) in [6.07, 6.45) is 1.62. The third-order valence-corrected chi connectivity index (χ3v) is 3.89. The molecule has 1 aromatic rings. The molecule has 1 saturated heterocycles. The first kappa shape index (κ1) is 16.5. The lowest BCUT2D eigenvalue weighted by molar-refractivity contribution is -0.146. The van der Waals surface area contributed by atoms with Gasteiger partial charge in [-0.1, -0.05) is 32.9 Å². The number of piperidine rings is 1. The first-order valence-electron chi connectivity index (χ1n) is 7.85. The molecule has 0 N–H and O–H groups in total. The Labute approximate surface area is 132 Å². The number of rotatable bonds is 2. The Balaban J connectivity index is 2.00. The van der Waals surface area contributed by atoms with Gasteiger partial charge in [-0.05, 0) is 37.5 Å². The second-order valence-electron chi connectivity index (χ2n) is 7.08. The SMILES string of the molecule is Cc1cccc(OC(=O)C2CCCN(C(=O)C(C)(C)C)C2)c1. The van der Waals surface area contributed by atoms with Gasteiger partial charge in [0.2, 0.25) is 5.91 Å². The van der Waals surface area contributed by atoms with Gasteiger partial charge in [0, 0.05) is 18.5 Å². The van der Waals surface area contributed by atoms with Gasteiger partial charge < -0.3 is 9.64 Å². The summed E-state index contributed by atoms with van der Waals surface area (Å²) < 4.78 is 5.47. The minimum absolute atomic E-state index is 0.0977. The quantitative estimate of drug-likeness (QED) is 0.622. The highest BCUT2D eigenvalue weighted by atomic mass is 16.5. The molecule has 0 aliphatic carbocycles. The van der Waals surface area contributed by atoms with Crippen LogP contribution in [0.3, 0.4) is 0 Å². The van der Waals surface area contributed by atoms with Crippen molar-refractivity contribution in [3.8, 4) is 5.75 Å². The van der Waals surface area contributed by atoms with Crippen molar-refractivity contribution in [3.05, 3.63) is 29.8 Å². The maximum absolute atomic E-state index is 12.4. The highest BCUT2D eigenvalue weighted by molar-refractivity contribution is 5.83. The third kappa shape index (κ3) is 4.09. The van der Waals surface area contributed by atoms with Crippen molar-refractivity contribution in [1.82, 2.24) is 4.90 Å². The number of hydrogen-bond acceptors (Lipinski definition) is 3. The predicted molar refractivity (Wildman–Crippen MR) is 85.6 cm³/mol. The van der Waals surface area contributed by atoms with E-state index in [1.165, 1.54) is 0 Å². The van der Waals surface area contributed by atoms with E-state index in [1.54, 1.807) is 11.0 Å². The van der Waals surface area contributed by atoms with E-state index in [-0.39, 0.29) is 17.8 Å². The normalized spacial score (nSPS) is 18.9. The van der Waals surface area contributed by atoms with Crippen molar-refractivity contribution in [2.24, 2.45) is 11.3 Å². The van der Waals surface area contributed by atoms with E-state index in [4.69, 9.17) is 4.74 Å². The Morgan fingerprint density at radius 1 is 1.27 bits per heavy atom. The van der Waals surface area contributed by atoms with Crippen molar-refractivity contribution >= 4 is 11.9 Å². The van der Waals surface area contributed by atoms with Gasteiger partial charge in [0.15, 0.2) is 0 Å². The summed E-state index contributed by atoms with van der Waals surface area (Å²) in [5.74, 6) is 0.197. The van der Waals surface area contributed by atoms with Gasteiger partial charge in [0.25, 0.3) is 0 Å². The molecule has 2 rings (SSSR count). The number of carbonyl (C=O) groups excluding carboxylic acids is 2. The van der Waals surface area contributed by atoms with E-state index in [2.05, 4.69) is 0 Å². The molecular weight excluding hydrogens is 278 g/mol. The minimum Gasteiger partial charge on any atom is -0.426 e. The summed E-state index contributed by atoms with van der Waals surface area (Å²) in [5, 5.41) is 0. The monoisotopic (exact) mass is 303 g/mol. The van der Waals surface area contributed by atoms with Gasteiger partial charge in [0.05, 0.1) is 5.92 Å². The first-order chi connectivity index (χ1) is 10.3. The zero-order valence-corrected chi connectivity index (χ0v) is 13.9. The Morgan fingerprint density at radius 2 is 2.00 bits per heavy atom. The van der Waals surface area contributed by atoms with Gasteiger partial charge in [-0.3, -0.25) is 9.59 Å². The van der Waals surface area contributed by atoms with Crippen molar-refractivity contribution < 1.29 is 14.3 Å². The summed E-state index contributed by atoms with van der Waals surface area (Å²) in [6, 6.07) is 7.46. The molecule has 22 heavy (non-hydrogen) atoms. The molecule has 0 radical (unpaired) electrons. The van der Waals surface area contributed by atoms with E-state index in [9.17, 15) is 9.59 Å².